The first-order valence-corrected chi connectivity index (χ1v) is 7.90. The Labute approximate surface area is 133 Å². The summed E-state index contributed by atoms with van der Waals surface area (Å²) >= 11 is 1.59. The van der Waals surface area contributed by atoms with Crippen LogP contribution in [0.4, 0.5) is 0 Å². The Hall–Kier alpha value is -2.52. The zero-order valence-electron chi connectivity index (χ0n) is 12.2. The largest absolute Gasteiger partial charge is 0.289 e. The van der Waals surface area contributed by atoms with E-state index < -0.39 is 0 Å². The molecule has 0 amide bonds. The van der Waals surface area contributed by atoms with Crippen LogP contribution in [0.15, 0.2) is 66.1 Å². The SMILES string of the molecule is Cc1cccc(-c2nc(C=CC(=O)c3ccccc3)cs2)c1. The number of aryl methyl sites for hydroxylation is 1. The van der Waals surface area contributed by atoms with Gasteiger partial charge in [0.2, 0.25) is 0 Å². The predicted molar refractivity (Wildman–Crippen MR) is 92.1 cm³/mol. The second kappa shape index (κ2) is 6.50. The molecule has 0 atom stereocenters. The van der Waals surface area contributed by atoms with Crippen LogP contribution in [0.2, 0.25) is 0 Å². The fourth-order valence-electron chi connectivity index (χ4n) is 2.13. The van der Waals surface area contributed by atoms with Crippen LogP contribution < -0.4 is 0 Å². The minimum absolute atomic E-state index is 0.00861. The van der Waals surface area contributed by atoms with Gasteiger partial charge in [-0.1, -0.05) is 54.1 Å². The topological polar surface area (TPSA) is 30.0 Å². The molecule has 0 bridgehead atoms. The van der Waals surface area contributed by atoms with Gasteiger partial charge in [0.15, 0.2) is 5.78 Å². The number of hydrogen-bond acceptors (Lipinski definition) is 3. The summed E-state index contributed by atoms with van der Waals surface area (Å²) in [6.45, 7) is 2.07. The van der Waals surface area contributed by atoms with Crippen molar-refractivity contribution in [3.8, 4) is 10.6 Å². The first-order valence-electron chi connectivity index (χ1n) is 7.02. The normalized spacial score (nSPS) is 11.0. The molecule has 108 valence electrons. The highest BCUT2D eigenvalue weighted by Gasteiger charge is 2.04. The maximum Gasteiger partial charge on any atom is 0.185 e. The number of carbonyl (C=O) groups is 1. The summed E-state index contributed by atoms with van der Waals surface area (Å²) < 4.78 is 0. The predicted octanol–water partition coefficient (Wildman–Crippen LogP) is 5.01. The van der Waals surface area contributed by atoms with E-state index >= 15 is 0 Å². The van der Waals surface area contributed by atoms with Crippen molar-refractivity contribution in [2.24, 2.45) is 0 Å². The number of nitrogens with zero attached hydrogens (tertiary/aromatic N) is 1. The number of thiazole rings is 1. The van der Waals surface area contributed by atoms with Gasteiger partial charge in [0.05, 0.1) is 5.69 Å². The molecule has 2 aromatic carbocycles. The lowest BCUT2D eigenvalue weighted by Crippen LogP contribution is -1.92. The third kappa shape index (κ3) is 3.38. The van der Waals surface area contributed by atoms with Crippen molar-refractivity contribution in [1.29, 1.82) is 0 Å². The Morgan fingerprint density at radius 1 is 1.09 bits per heavy atom. The molecule has 0 unspecified atom stereocenters. The maximum absolute atomic E-state index is 12.0. The van der Waals surface area contributed by atoms with Gasteiger partial charge in [-0.15, -0.1) is 11.3 Å². The second-order valence-corrected chi connectivity index (χ2v) is 5.87. The van der Waals surface area contributed by atoms with Crippen LogP contribution in [0.3, 0.4) is 0 Å². The molecule has 2 nitrogen and oxygen atoms in total. The summed E-state index contributed by atoms with van der Waals surface area (Å²) in [7, 11) is 0. The highest BCUT2D eigenvalue weighted by atomic mass is 32.1. The third-order valence-electron chi connectivity index (χ3n) is 3.25. The number of allylic oxidation sites excluding steroid dienone is 1. The Morgan fingerprint density at radius 3 is 2.68 bits per heavy atom. The quantitative estimate of drug-likeness (QED) is 0.500. The molecule has 0 spiro atoms. The molecular formula is C19H15NOS. The van der Waals surface area contributed by atoms with Gasteiger partial charge in [-0.2, -0.15) is 0 Å². The lowest BCUT2D eigenvalue weighted by atomic mass is 10.1. The van der Waals surface area contributed by atoms with E-state index in [0.717, 1.165) is 16.3 Å². The molecule has 0 N–H and O–H groups in total. The summed E-state index contributed by atoms with van der Waals surface area (Å²) in [4.78, 5) is 16.6. The number of aromatic nitrogens is 1. The van der Waals surface area contributed by atoms with E-state index in [1.54, 1.807) is 23.5 Å². The first-order chi connectivity index (χ1) is 10.7. The summed E-state index contributed by atoms with van der Waals surface area (Å²) in [5, 5.41) is 2.93. The molecule has 0 saturated heterocycles. The number of benzene rings is 2. The molecule has 22 heavy (non-hydrogen) atoms. The molecule has 0 saturated carbocycles. The number of ketones is 1. The Bertz CT molecular complexity index is 818. The average Bonchev–Trinajstić information content (AvgIpc) is 3.02. The van der Waals surface area contributed by atoms with E-state index in [0.29, 0.717) is 5.56 Å². The van der Waals surface area contributed by atoms with Gasteiger partial charge in [-0.25, -0.2) is 4.98 Å². The molecule has 0 aliphatic rings. The first kappa shape index (κ1) is 14.4. The van der Waals surface area contributed by atoms with Crippen LogP contribution >= 0.6 is 11.3 Å². The van der Waals surface area contributed by atoms with Crippen molar-refractivity contribution in [2.75, 3.05) is 0 Å². The van der Waals surface area contributed by atoms with Crippen LogP contribution in [-0.4, -0.2) is 10.8 Å². The molecule has 0 aliphatic carbocycles. The van der Waals surface area contributed by atoms with Gasteiger partial charge in [0.1, 0.15) is 5.01 Å². The molecule has 0 aliphatic heterocycles. The van der Waals surface area contributed by atoms with Gasteiger partial charge in [-0.05, 0) is 25.1 Å². The van der Waals surface area contributed by atoms with Crippen LogP contribution in [0, 0.1) is 6.92 Å². The standard InChI is InChI=1S/C19H15NOS/c1-14-6-5-9-16(12-14)19-20-17(13-22-19)10-11-18(21)15-7-3-2-4-8-15/h2-13H,1H3. The summed E-state index contributed by atoms with van der Waals surface area (Å²) in [5.41, 5.74) is 3.82. The minimum Gasteiger partial charge on any atom is -0.289 e. The fraction of sp³-hybridized carbons (Fsp3) is 0.0526. The summed E-state index contributed by atoms with van der Waals surface area (Å²) in [5.74, 6) is -0.00861. The van der Waals surface area contributed by atoms with E-state index in [4.69, 9.17) is 0 Å². The molecule has 3 heteroatoms. The van der Waals surface area contributed by atoms with E-state index in [1.807, 2.05) is 41.8 Å². The number of rotatable bonds is 4. The van der Waals surface area contributed by atoms with Gasteiger partial charge >= 0.3 is 0 Å². The minimum atomic E-state index is -0.00861. The number of carbonyl (C=O) groups excluding carboxylic acids is 1. The average molecular weight is 305 g/mol. The van der Waals surface area contributed by atoms with Gasteiger partial charge in [-0.3, -0.25) is 4.79 Å². The van der Waals surface area contributed by atoms with E-state index in [-0.39, 0.29) is 5.78 Å². The van der Waals surface area contributed by atoms with Crippen molar-refractivity contribution in [2.45, 2.75) is 6.92 Å². The summed E-state index contributed by atoms with van der Waals surface area (Å²) in [6.07, 6.45) is 3.34. The molecule has 0 fully saturated rings. The molecule has 1 aromatic heterocycles. The van der Waals surface area contributed by atoms with E-state index in [1.165, 1.54) is 5.56 Å². The molecule has 3 rings (SSSR count). The van der Waals surface area contributed by atoms with E-state index in [2.05, 4.69) is 30.1 Å². The lowest BCUT2D eigenvalue weighted by molar-refractivity contribution is 0.104. The van der Waals surface area contributed by atoms with E-state index in [9.17, 15) is 4.79 Å². The zero-order valence-corrected chi connectivity index (χ0v) is 13.0. The van der Waals surface area contributed by atoms with Crippen molar-refractivity contribution < 1.29 is 4.79 Å². The smallest absolute Gasteiger partial charge is 0.185 e. The van der Waals surface area contributed by atoms with Crippen LogP contribution in [0.25, 0.3) is 16.6 Å². The maximum atomic E-state index is 12.0. The third-order valence-corrected chi connectivity index (χ3v) is 4.16. The van der Waals surface area contributed by atoms with Crippen molar-refractivity contribution in [1.82, 2.24) is 4.98 Å². The number of hydrogen-bond donors (Lipinski definition) is 0. The second-order valence-electron chi connectivity index (χ2n) is 5.01. The Morgan fingerprint density at radius 2 is 1.91 bits per heavy atom. The van der Waals surface area contributed by atoms with Crippen molar-refractivity contribution >= 4 is 23.2 Å². The monoisotopic (exact) mass is 305 g/mol. The Kier molecular flexibility index (Phi) is 4.26. The van der Waals surface area contributed by atoms with Crippen LogP contribution in [0.1, 0.15) is 21.6 Å². The highest BCUT2D eigenvalue weighted by molar-refractivity contribution is 7.13. The highest BCUT2D eigenvalue weighted by Crippen LogP contribution is 2.24. The molecule has 1 heterocycles. The molecular weight excluding hydrogens is 290 g/mol. The van der Waals surface area contributed by atoms with Gasteiger partial charge in [0.25, 0.3) is 0 Å². The lowest BCUT2D eigenvalue weighted by Gasteiger charge is -1.97. The van der Waals surface area contributed by atoms with Gasteiger partial charge < -0.3 is 0 Å². The fourth-order valence-corrected chi connectivity index (χ4v) is 2.92. The van der Waals surface area contributed by atoms with Crippen LogP contribution in [-0.2, 0) is 0 Å². The van der Waals surface area contributed by atoms with Crippen molar-refractivity contribution in [3.05, 3.63) is 82.9 Å². The molecule has 3 aromatic rings. The van der Waals surface area contributed by atoms with Gasteiger partial charge in [0, 0.05) is 16.5 Å². The summed E-state index contributed by atoms with van der Waals surface area (Å²) in [6, 6.07) is 17.5. The zero-order chi connectivity index (χ0) is 15.4. The van der Waals surface area contributed by atoms with Crippen molar-refractivity contribution in [3.63, 3.8) is 0 Å². The molecule has 0 radical (unpaired) electrons. The Balaban J connectivity index is 1.77. The van der Waals surface area contributed by atoms with Crippen LogP contribution in [0.5, 0.6) is 0 Å².